The molecule has 0 saturated heterocycles. The highest BCUT2D eigenvalue weighted by molar-refractivity contribution is 6.28. The lowest BCUT2D eigenvalue weighted by Crippen LogP contribution is -2.26. The third-order valence-corrected chi connectivity index (χ3v) is 2.94. The van der Waals surface area contributed by atoms with E-state index < -0.39 is 0 Å². The van der Waals surface area contributed by atoms with Crippen molar-refractivity contribution in [2.45, 2.75) is 13.0 Å². The largest absolute Gasteiger partial charge is 0.366 e. The fraction of sp³-hybridized carbons (Fsp3) is 0.273. The quantitative estimate of drug-likeness (QED) is 0.711. The van der Waals surface area contributed by atoms with Crippen molar-refractivity contribution in [3.63, 3.8) is 0 Å². The fourth-order valence-corrected chi connectivity index (χ4v) is 2.14. The number of hydrogen-bond acceptors (Lipinski definition) is 4. The van der Waals surface area contributed by atoms with E-state index in [4.69, 9.17) is 11.6 Å². The van der Waals surface area contributed by atoms with Crippen LogP contribution in [0, 0.1) is 0 Å². The van der Waals surface area contributed by atoms with Gasteiger partial charge in [0.2, 0.25) is 5.28 Å². The molecule has 0 radical (unpaired) electrons. The molecule has 0 atom stereocenters. The van der Waals surface area contributed by atoms with E-state index in [9.17, 15) is 0 Å². The van der Waals surface area contributed by atoms with Crippen LogP contribution >= 0.6 is 11.6 Å². The number of aromatic amines is 1. The van der Waals surface area contributed by atoms with E-state index in [1.807, 2.05) is 18.5 Å². The lowest BCUT2D eigenvalue weighted by atomic mass is 10.1. The Balaban J connectivity index is 2.00. The zero-order chi connectivity index (χ0) is 11.7. The van der Waals surface area contributed by atoms with E-state index >= 15 is 0 Å². The van der Waals surface area contributed by atoms with Gasteiger partial charge >= 0.3 is 0 Å². The molecule has 3 heterocycles. The molecule has 5 nitrogen and oxygen atoms in total. The minimum atomic E-state index is 0.295. The Morgan fingerprint density at radius 3 is 3.12 bits per heavy atom. The maximum atomic E-state index is 5.93. The molecule has 2 aromatic rings. The summed E-state index contributed by atoms with van der Waals surface area (Å²) < 4.78 is 0. The van der Waals surface area contributed by atoms with Crippen molar-refractivity contribution >= 4 is 23.1 Å². The molecule has 0 saturated carbocycles. The first-order valence-electron chi connectivity index (χ1n) is 5.49. The highest BCUT2D eigenvalue weighted by atomic mass is 35.5. The van der Waals surface area contributed by atoms with Gasteiger partial charge in [-0.3, -0.25) is 0 Å². The molecule has 0 bridgehead atoms. The molecule has 3 rings (SSSR count). The predicted octanol–water partition coefficient (Wildman–Crippen LogP) is 1.85. The van der Waals surface area contributed by atoms with Gasteiger partial charge in [0, 0.05) is 37.5 Å². The van der Waals surface area contributed by atoms with E-state index in [1.165, 1.54) is 0 Å². The van der Waals surface area contributed by atoms with E-state index in [0.29, 0.717) is 5.28 Å². The van der Waals surface area contributed by atoms with Gasteiger partial charge in [0.15, 0.2) is 0 Å². The van der Waals surface area contributed by atoms with Crippen molar-refractivity contribution in [1.29, 1.82) is 0 Å². The summed E-state index contributed by atoms with van der Waals surface area (Å²) in [7, 11) is 0. The zero-order valence-electron chi connectivity index (χ0n) is 9.13. The lowest BCUT2D eigenvalue weighted by molar-refractivity contribution is 0.628. The third kappa shape index (κ3) is 2.11. The summed E-state index contributed by atoms with van der Waals surface area (Å²) in [4.78, 5) is 11.5. The minimum absolute atomic E-state index is 0.295. The van der Waals surface area contributed by atoms with Crippen LogP contribution in [0.5, 0.6) is 0 Å². The third-order valence-electron chi connectivity index (χ3n) is 2.77. The standard InChI is InChI=1S/C11H12ClN5/c12-11-16-9-2-4-14-6-8(9)10(17-11)15-7-1-3-13-5-7/h1,3,5,13-14H,2,4,6H2,(H,15,16,17). The maximum absolute atomic E-state index is 5.93. The average molecular weight is 250 g/mol. The van der Waals surface area contributed by atoms with Crippen LogP contribution in [0.4, 0.5) is 11.5 Å². The Hall–Kier alpha value is -1.59. The van der Waals surface area contributed by atoms with Crippen molar-refractivity contribution in [1.82, 2.24) is 20.3 Å². The molecule has 88 valence electrons. The zero-order valence-corrected chi connectivity index (χ0v) is 9.88. The van der Waals surface area contributed by atoms with Crippen molar-refractivity contribution in [2.24, 2.45) is 0 Å². The predicted molar refractivity (Wildman–Crippen MR) is 66.5 cm³/mol. The summed E-state index contributed by atoms with van der Waals surface area (Å²) >= 11 is 5.93. The molecule has 1 aliphatic rings. The number of nitrogens with zero attached hydrogens (tertiary/aromatic N) is 2. The smallest absolute Gasteiger partial charge is 0.224 e. The van der Waals surface area contributed by atoms with Crippen LogP contribution in [-0.2, 0) is 13.0 Å². The van der Waals surface area contributed by atoms with Crippen molar-refractivity contribution in [3.05, 3.63) is 35.0 Å². The number of halogens is 1. The molecule has 6 heteroatoms. The van der Waals surface area contributed by atoms with Gasteiger partial charge in [-0.05, 0) is 17.7 Å². The molecule has 0 unspecified atom stereocenters. The number of hydrogen-bond donors (Lipinski definition) is 3. The molecule has 0 spiro atoms. The van der Waals surface area contributed by atoms with E-state index in [1.54, 1.807) is 0 Å². The fourth-order valence-electron chi connectivity index (χ4n) is 1.95. The van der Waals surface area contributed by atoms with Crippen molar-refractivity contribution < 1.29 is 0 Å². The summed E-state index contributed by atoms with van der Waals surface area (Å²) in [5.41, 5.74) is 3.09. The van der Waals surface area contributed by atoms with Gasteiger partial charge in [-0.25, -0.2) is 9.97 Å². The maximum Gasteiger partial charge on any atom is 0.224 e. The first-order chi connectivity index (χ1) is 8.33. The molecule has 3 N–H and O–H groups in total. The highest BCUT2D eigenvalue weighted by Crippen LogP contribution is 2.24. The number of rotatable bonds is 2. The van der Waals surface area contributed by atoms with Gasteiger partial charge in [-0.2, -0.15) is 0 Å². The number of aromatic nitrogens is 3. The Kier molecular flexibility index (Phi) is 2.70. The normalized spacial score (nSPS) is 14.4. The Morgan fingerprint density at radius 1 is 1.35 bits per heavy atom. The van der Waals surface area contributed by atoms with Gasteiger partial charge in [-0.1, -0.05) is 0 Å². The summed E-state index contributed by atoms with van der Waals surface area (Å²) in [5, 5.41) is 6.85. The molecule has 0 aromatic carbocycles. The highest BCUT2D eigenvalue weighted by Gasteiger charge is 2.17. The molecule has 0 fully saturated rings. The Morgan fingerprint density at radius 2 is 2.29 bits per heavy atom. The van der Waals surface area contributed by atoms with Gasteiger partial charge in [0.05, 0.1) is 11.4 Å². The monoisotopic (exact) mass is 249 g/mol. The number of nitrogens with one attached hydrogen (secondary N) is 3. The van der Waals surface area contributed by atoms with Crippen LogP contribution in [0.2, 0.25) is 5.28 Å². The summed E-state index contributed by atoms with van der Waals surface area (Å²) in [6.07, 6.45) is 4.62. The molecule has 0 amide bonds. The molecule has 0 aliphatic carbocycles. The lowest BCUT2D eigenvalue weighted by Gasteiger charge is -2.19. The second-order valence-corrected chi connectivity index (χ2v) is 4.26. The molecule has 17 heavy (non-hydrogen) atoms. The van der Waals surface area contributed by atoms with Gasteiger partial charge in [-0.15, -0.1) is 0 Å². The number of fused-ring (bicyclic) bond motifs is 1. The minimum Gasteiger partial charge on any atom is -0.366 e. The van der Waals surface area contributed by atoms with Crippen LogP contribution in [0.1, 0.15) is 11.3 Å². The summed E-state index contributed by atoms with van der Waals surface area (Å²) in [6, 6.07) is 1.94. The molecule has 2 aromatic heterocycles. The van der Waals surface area contributed by atoms with Crippen molar-refractivity contribution in [2.75, 3.05) is 11.9 Å². The van der Waals surface area contributed by atoms with Gasteiger partial charge in [0.25, 0.3) is 0 Å². The number of H-pyrrole nitrogens is 1. The Bertz CT molecular complexity index is 523. The average Bonchev–Trinajstić information content (AvgIpc) is 2.81. The van der Waals surface area contributed by atoms with E-state index in [2.05, 4.69) is 25.6 Å². The van der Waals surface area contributed by atoms with Crippen LogP contribution in [0.25, 0.3) is 0 Å². The first-order valence-corrected chi connectivity index (χ1v) is 5.86. The van der Waals surface area contributed by atoms with Crippen LogP contribution in [0.15, 0.2) is 18.5 Å². The van der Waals surface area contributed by atoms with E-state index in [-0.39, 0.29) is 0 Å². The van der Waals surface area contributed by atoms with E-state index in [0.717, 1.165) is 42.3 Å². The summed E-state index contributed by atoms with van der Waals surface area (Å²) in [5.74, 6) is 0.784. The molecular weight excluding hydrogens is 238 g/mol. The van der Waals surface area contributed by atoms with Crippen LogP contribution in [-0.4, -0.2) is 21.5 Å². The summed E-state index contributed by atoms with van der Waals surface area (Å²) in [6.45, 7) is 1.71. The SMILES string of the molecule is Clc1nc2c(c(Nc3cc[nH]c3)n1)CNCC2. The second kappa shape index (κ2) is 4.35. The Labute approximate surface area is 104 Å². The van der Waals surface area contributed by atoms with Gasteiger partial charge < -0.3 is 15.6 Å². The van der Waals surface area contributed by atoms with Crippen LogP contribution in [0.3, 0.4) is 0 Å². The second-order valence-electron chi connectivity index (χ2n) is 3.92. The van der Waals surface area contributed by atoms with Crippen molar-refractivity contribution in [3.8, 4) is 0 Å². The van der Waals surface area contributed by atoms with Gasteiger partial charge in [0.1, 0.15) is 5.82 Å². The first kappa shape index (κ1) is 10.6. The number of anilines is 2. The topological polar surface area (TPSA) is 65.6 Å². The van der Waals surface area contributed by atoms with Crippen LogP contribution < -0.4 is 10.6 Å². The molecule has 1 aliphatic heterocycles. The molecular formula is C11H12ClN5.